The van der Waals surface area contributed by atoms with Crippen molar-refractivity contribution in [2.45, 2.75) is 102 Å². The van der Waals surface area contributed by atoms with E-state index in [1.807, 2.05) is 27.7 Å². The molecule has 0 saturated carbocycles. The third kappa shape index (κ3) is 20.2. The Balaban J connectivity index is 1.40. The number of amides is 7. The predicted molar refractivity (Wildman–Crippen MR) is 267 cm³/mol. The number of hydrazine groups is 1. The smallest absolute Gasteiger partial charge is 0.326 e. The topological polar surface area (TPSA) is 320 Å². The molecule has 4 rings (SSSR count). The molecule has 0 fully saturated rings. The Morgan fingerprint density at radius 2 is 0.833 bits per heavy atom. The minimum atomic E-state index is -1.35. The van der Waals surface area contributed by atoms with E-state index in [1.165, 1.54) is 36.4 Å². The quantitative estimate of drug-likeness (QED) is 0.0355. The highest BCUT2D eigenvalue weighted by molar-refractivity contribution is 5.94. The molecule has 0 saturated heterocycles. The van der Waals surface area contributed by atoms with Crippen LogP contribution >= 0.6 is 0 Å². The summed E-state index contributed by atoms with van der Waals surface area (Å²) in [5, 5.41) is 44.5. The van der Waals surface area contributed by atoms with Gasteiger partial charge in [-0.15, -0.1) is 0 Å². The van der Waals surface area contributed by atoms with Gasteiger partial charge in [-0.2, -0.15) is 0 Å². The number of benzene rings is 4. The van der Waals surface area contributed by atoms with Gasteiger partial charge in [0.15, 0.2) is 0 Å². The van der Waals surface area contributed by atoms with Crippen molar-refractivity contribution in [1.29, 1.82) is 0 Å². The highest BCUT2D eigenvalue weighted by atomic mass is 16.4. The summed E-state index contributed by atoms with van der Waals surface area (Å²) in [4.78, 5) is 106. The third-order valence-corrected chi connectivity index (χ3v) is 11.2. The fraction of sp³-hybridized carbons (Fsp3) is 0.385. The summed E-state index contributed by atoms with van der Waals surface area (Å²) in [5.74, 6) is -6.32. The van der Waals surface area contributed by atoms with Crippen LogP contribution in [-0.2, 0) is 64.0 Å². The van der Waals surface area contributed by atoms with Gasteiger partial charge in [-0.05, 0) is 84.0 Å². The Morgan fingerprint density at radius 1 is 0.444 bits per heavy atom. The van der Waals surface area contributed by atoms with Gasteiger partial charge in [-0.1, -0.05) is 113 Å². The molecule has 72 heavy (non-hydrogen) atoms. The van der Waals surface area contributed by atoms with Gasteiger partial charge in [0.1, 0.15) is 41.7 Å². The second-order valence-corrected chi connectivity index (χ2v) is 18.3. The van der Waals surface area contributed by atoms with Crippen LogP contribution < -0.4 is 48.5 Å². The molecule has 0 aliphatic carbocycles. The highest BCUT2D eigenvalue weighted by Gasteiger charge is 2.30. The first-order valence-corrected chi connectivity index (χ1v) is 23.7. The van der Waals surface area contributed by atoms with E-state index in [9.17, 15) is 53.7 Å². The van der Waals surface area contributed by atoms with Crippen molar-refractivity contribution in [1.82, 2.24) is 42.8 Å². The van der Waals surface area contributed by atoms with Crippen molar-refractivity contribution >= 4 is 47.3 Å². The molecule has 4 aromatic carbocycles. The molecular weight excluding hydrogens is 927 g/mol. The first-order chi connectivity index (χ1) is 34.3. The van der Waals surface area contributed by atoms with Gasteiger partial charge in [-0.25, -0.2) is 10.2 Å². The molecule has 0 bridgehead atoms. The molecule has 0 aliphatic rings. The number of aliphatic carboxylic acids is 1. The van der Waals surface area contributed by atoms with Gasteiger partial charge in [0.2, 0.25) is 35.4 Å². The first-order valence-electron chi connectivity index (χ1n) is 23.7. The number of hydrogen-bond donors (Lipinski definition) is 12. The summed E-state index contributed by atoms with van der Waals surface area (Å²) in [6, 6.07) is 22.7. The van der Waals surface area contributed by atoms with Crippen molar-refractivity contribution in [2.75, 3.05) is 13.1 Å². The van der Waals surface area contributed by atoms with Gasteiger partial charge < -0.3 is 53.0 Å². The number of rotatable bonds is 28. The van der Waals surface area contributed by atoms with E-state index in [0.717, 1.165) is 0 Å². The second kappa shape index (κ2) is 28.7. The molecule has 20 nitrogen and oxygen atoms in total. The lowest BCUT2D eigenvalue weighted by Gasteiger charge is -2.24. The van der Waals surface area contributed by atoms with Gasteiger partial charge in [-0.3, -0.25) is 39.0 Å². The van der Waals surface area contributed by atoms with E-state index in [4.69, 9.17) is 5.73 Å². The normalized spacial score (nSPS) is 13.5. The van der Waals surface area contributed by atoms with Crippen molar-refractivity contribution in [3.8, 4) is 11.5 Å². The van der Waals surface area contributed by atoms with E-state index in [-0.39, 0.29) is 61.9 Å². The number of phenols is 2. The van der Waals surface area contributed by atoms with Crippen LogP contribution in [0.2, 0.25) is 0 Å². The zero-order valence-corrected chi connectivity index (χ0v) is 40.9. The molecule has 0 spiro atoms. The molecule has 4 aromatic rings. The fourth-order valence-corrected chi connectivity index (χ4v) is 7.44. The van der Waals surface area contributed by atoms with E-state index in [0.29, 0.717) is 22.3 Å². The Labute approximate surface area is 418 Å². The molecule has 386 valence electrons. The molecule has 0 heterocycles. The lowest BCUT2D eigenvalue weighted by molar-refractivity contribution is -0.142. The summed E-state index contributed by atoms with van der Waals surface area (Å²) >= 11 is 0. The average molecular weight is 994 g/mol. The molecule has 13 N–H and O–H groups in total. The summed E-state index contributed by atoms with van der Waals surface area (Å²) < 4.78 is 0. The van der Waals surface area contributed by atoms with Crippen molar-refractivity contribution in [3.63, 3.8) is 0 Å². The number of nitrogens with one attached hydrogen (secondary N) is 8. The average Bonchev–Trinajstić information content (AvgIpc) is 3.34. The van der Waals surface area contributed by atoms with Crippen LogP contribution in [0.15, 0.2) is 109 Å². The Hall–Kier alpha value is -7.84. The molecule has 0 radical (unpaired) electrons. The minimum Gasteiger partial charge on any atom is -0.508 e. The summed E-state index contributed by atoms with van der Waals surface area (Å²) in [5.41, 5.74) is 14.0. The van der Waals surface area contributed by atoms with E-state index in [2.05, 4.69) is 42.8 Å². The predicted octanol–water partition coefficient (Wildman–Crippen LogP) is 1.03. The Bertz CT molecular complexity index is 2420. The number of carboxylic acids is 1. The number of carboxylic acid groups (broad SMARTS) is 1. The highest BCUT2D eigenvalue weighted by Crippen LogP contribution is 2.14. The zero-order valence-electron chi connectivity index (χ0n) is 40.9. The molecule has 0 unspecified atom stereocenters. The van der Waals surface area contributed by atoms with Crippen molar-refractivity contribution in [2.24, 2.45) is 17.6 Å². The SMILES string of the molecule is CC(C)C[C@@H](NC(=O)CNC(=O)[C@H](Cc1ccccc1)NNC(=O)[C@H](Cc1ccccc1)NC(=O)CNC(=O)[C@@H](CC(C)C)NC(=O)[C@@H](N)Cc1ccc(O)cc1)C(=O)N[C@@H](Cc1ccc(O)cc1)C(=O)O. The summed E-state index contributed by atoms with van der Waals surface area (Å²) in [6.07, 6.45) is 0.458. The van der Waals surface area contributed by atoms with Crippen LogP contribution in [0.4, 0.5) is 0 Å². The maximum Gasteiger partial charge on any atom is 0.326 e. The number of carbonyl (C=O) groups is 8. The van der Waals surface area contributed by atoms with Crippen LogP contribution in [0.3, 0.4) is 0 Å². The van der Waals surface area contributed by atoms with Gasteiger partial charge in [0.25, 0.3) is 5.91 Å². The summed E-state index contributed by atoms with van der Waals surface area (Å²) in [7, 11) is 0. The summed E-state index contributed by atoms with van der Waals surface area (Å²) in [6.45, 7) is 6.20. The van der Waals surface area contributed by atoms with E-state index >= 15 is 0 Å². The van der Waals surface area contributed by atoms with Crippen LogP contribution in [-0.4, -0.2) is 112 Å². The number of aromatic hydroxyl groups is 2. The van der Waals surface area contributed by atoms with Crippen LogP contribution in [0, 0.1) is 11.8 Å². The largest absolute Gasteiger partial charge is 0.508 e. The monoisotopic (exact) mass is 993 g/mol. The number of nitrogens with two attached hydrogens (primary N) is 1. The standard InChI is InChI=1S/C52H67N9O11/c1-31(2)23-40(58-47(66)39(53)25-35-15-19-37(62)20-16-35)48(67)54-29-46(65)57-42(26-33-11-7-5-8-12-33)51(70)61-60-43(27-34-13-9-6-10-14-34)49(68)55-30-45(64)56-41(24-32(3)4)50(69)59-44(52(71)72)28-36-17-21-38(63)22-18-36/h5-22,31-32,39-44,60,62-63H,23-30,53H2,1-4H3,(H,54,67)(H,55,68)(H,56,64)(H,57,65)(H,58,66)(H,59,69)(H,61,70)(H,71,72)/t39-,40+,41+,42-,43-,44-/m0/s1. The third-order valence-electron chi connectivity index (χ3n) is 11.2. The zero-order chi connectivity index (χ0) is 52.7. The molecule has 6 atom stereocenters. The number of carbonyl (C=O) groups excluding carboxylic acids is 7. The van der Waals surface area contributed by atoms with Crippen LogP contribution in [0.5, 0.6) is 11.5 Å². The molecule has 7 amide bonds. The van der Waals surface area contributed by atoms with Gasteiger partial charge >= 0.3 is 5.97 Å². The first kappa shape index (κ1) is 56.7. The van der Waals surface area contributed by atoms with Crippen molar-refractivity contribution in [3.05, 3.63) is 131 Å². The molecular formula is C52H67N9O11. The van der Waals surface area contributed by atoms with Gasteiger partial charge in [0, 0.05) is 12.8 Å². The lowest BCUT2D eigenvalue weighted by atomic mass is 10.0. The Kier molecular flexibility index (Phi) is 22.6. The van der Waals surface area contributed by atoms with E-state index in [1.54, 1.807) is 72.8 Å². The number of phenolic OH excluding ortho intramolecular Hbond substituents is 2. The van der Waals surface area contributed by atoms with Crippen LogP contribution in [0.25, 0.3) is 0 Å². The molecule has 0 aromatic heterocycles. The minimum absolute atomic E-state index is 0.00382. The van der Waals surface area contributed by atoms with Crippen LogP contribution in [0.1, 0.15) is 62.8 Å². The van der Waals surface area contributed by atoms with Gasteiger partial charge in [0.05, 0.1) is 19.1 Å². The second-order valence-electron chi connectivity index (χ2n) is 18.3. The van der Waals surface area contributed by atoms with Crippen molar-refractivity contribution < 1.29 is 53.7 Å². The fourth-order valence-electron chi connectivity index (χ4n) is 7.44. The van der Waals surface area contributed by atoms with E-state index < -0.39 is 96.7 Å². The molecule has 0 aliphatic heterocycles. The number of hydrogen-bond acceptors (Lipinski definition) is 12. The lowest BCUT2D eigenvalue weighted by Crippen LogP contribution is -2.59. The maximum absolute atomic E-state index is 13.9. The maximum atomic E-state index is 13.9. The molecule has 20 heteroatoms. The Morgan fingerprint density at radius 3 is 1.31 bits per heavy atom.